The molecule has 0 aliphatic carbocycles. The monoisotopic (exact) mass is 282 g/mol. The Balaban J connectivity index is 3.27. The lowest BCUT2D eigenvalue weighted by Gasteiger charge is -2.07. The molecule has 66 valence electrons. The van der Waals surface area contributed by atoms with Crippen molar-refractivity contribution in [2.24, 2.45) is 0 Å². The average molecular weight is 282 g/mol. The minimum Gasteiger partial charge on any atom is -0.206 e. The fraction of sp³-hybridized carbons (Fsp3) is 0.333. The molecule has 0 atom stereocenters. The maximum absolute atomic E-state index is 13.3. The van der Waals surface area contributed by atoms with Gasteiger partial charge in [-0.1, -0.05) is 19.9 Å². The molecule has 0 aliphatic heterocycles. The van der Waals surface area contributed by atoms with Gasteiger partial charge in [-0.2, -0.15) is 0 Å². The van der Waals surface area contributed by atoms with E-state index in [1.54, 1.807) is 22.6 Å². The number of rotatable bonds is 1. The summed E-state index contributed by atoms with van der Waals surface area (Å²) in [6.07, 6.45) is 0. The maximum Gasteiger partial charge on any atom is 0.142 e. The van der Waals surface area contributed by atoms with Gasteiger partial charge in [0.05, 0.1) is 3.57 Å². The molecule has 0 bridgehead atoms. The molecular weight excluding hydrogens is 273 g/mol. The lowest BCUT2D eigenvalue weighted by atomic mass is 10.0. The van der Waals surface area contributed by atoms with Gasteiger partial charge in [-0.15, -0.1) is 0 Å². The molecule has 0 N–H and O–H groups in total. The summed E-state index contributed by atoms with van der Waals surface area (Å²) in [4.78, 5) is 0. The van der Waals surface area contributed by atoms with E-state index in [1.165, 1.54) is 12.1 Å². The van der Waals surface area contributed by atoms with Crippen molar-refractivity contribution in [1.29, 1.82) is 0 Å². The van der Waals surface area contributed by atoms with E-state index in [0.29, 0.717) is 5.56 Å². The van der Waals surface area contributed by atoms with Crippen molar-refractivity contribution in [2.75, 3.05) is 0 Å². The molecule has 0 amide bonds. The smallest absolute Gasteiger partial charge is 0.142 e. The van der Waals surface area contributed by atoms with E-state index < -0.39 is 11.6 Å². The molecule has 0 aliphatic rings. The molecule has 3 heteroatoms. The number of hydrogen-bond donors (Lipinski definition) is 0. The molecule has 0 aromatic heterocycles. The second kappa shape index (κ2) is 3.68. The first-order chi connectivity index (χ1) is 5.54. The Labute approximate surface area is 84.1 Å². The van der Waals surface area contributed by atoms with Gasteiger partial charge < -0.3 is 0 Å². The van der Waals surface area contributed by atoms with Crippen LogP contribution in [0.1, 0.15) is 25.3 Å². The van der Waals surface area contributed by atoms with E-state index in [1.807, 2.05) is 13.8 Å². The predicted molar refractivity (Wildman–Crippen MR) is 53.2 cm³/mol. The quantitative estimate of drug-likeness (QED) is 0.544. The highest BCUT2D eigenvalue weighted by Gasteiger charge is 2.12. The molecular formula is C9H9F2I. The molecule has 0 unspecified atom stereocenters. The van der Waals surface area contributed by atoms with Gasteiger partial charge in [0, 0.05) is 0 Å². The van der Waals surface area contributed by atoms with Crippen LogP contribution in [0.4, 0.5) is 8.78 Å². The van der Waals surface area contributed by atoms with E-state index >= 15 is 0 Å². The zero-order valence-electron chi connectivity index (χ0n) is 6.87. The van der Waals surface area contributed by atoms with Crippen LogP contribution in [0.15, 0.2) is 12.1 Å². The third kappa shape index (κ3) is 1.76. The topological polar surface area (TPSA) is 0 Å². The van der Waals surface area contributed by atoms with Gasteiger partial charge in [-0.05, 0) is 40.1 Å². The standard InChI is InChI=1S/C9H9F2I/c1-5(2)6-3-4-7(10)9(12)8(6)11/h3-5H,1-2H3. The Bertz CT molecular complexity index is 295. The highest BCUT2D eigenvalue weighted by molar-refractivity contribution is 14.1. The van der Waals surface area contributed by atoms with Crippen molar-refractivity contribution >= 4 is 22.6 Å². The van der Waals surface area contributed by atoms with Crippen LogP contribution in [0.2, 0.25) is 0 Å². The van der Waals surface area contributed by atoms with E-state index in [4.69, 9.17) is 0 Å². The van der Waals surface area contributed by atoms with E-state index in [-0.39, 0.29) is 9.49 Å². The van der Waals surface area contributed by atoms with Crippen LogP contribution in [0, 0.1) is 15.2 Å². The van der Waals surface area contributed by atoms with Gasteiger partial charge in [0.2, 0.25) is 0 Å². The fourth-order valence-corrected chi connectivity index (χ4v) is 1.48. The van der Waals surface area contributed by atoms with E-state index in [0.717, 1.165) is 0 Å². The van der Waals surface area contributed by atoms with Crippen LogP contribution >= 0.6 is 22.6 Å². The normalized spacial score (nSPS) is 10.8. The van der Waals surface area contributed by atoms with Crippen LogP contribution in [-0.4, -0.2) is 0 Å². The second-order valence-electron chi connectivity index (χ2n) is 2.92. The lowest BCUT2D eigenvalue weighted by molar-refractivity contribution is 0.553. The summed E-state index contributed by atoms with van der Waals surface area (Å²) in [6.45, 7) is 3.76. The molecule has 1 aromatic carbocycles. The van der Waals surface area contributed by atoms with Gasteiger partial charge in [0.15, 0.2) is 0 Å². The van der Waals surface area contributed by atoms with Crippen molar-refractivity contribution in [3.8, 4) is 0 Å². The number of hydrogen-bond acceptors (Lipinski definition) is 0. The van der Waals surface area contributed by atoms with E-state index in [2.05, 4.69) is 0 Å². The van der Waals surface area contributed by atoms with Gasteiger partial charge >= 0.3 is 0 Å². The predicted octanol–water partition coefficient (Wildman–Crippen LogP) is 3.69. The first kappa shape index (κ1) is 9.89. The molecule has 0 nitrogen and oxygen atoms in total. The van der Waals surface area contributed by atoms with Crippen LogP contribution in [0.3, 0.4) is 0 Å². The highest BCUT2D eigenvalue weighted by atomic mass is 127. The SMILES string of the molecule is CC(C)c1ccc(F)c(I)c1F. The minimum atomic E-state index is -0.488. The van der Waals surface area contributed by atoms with Crippen LogP contribution in [-0.2, 0) is 0 Å². The number of halogens is 3. The summed E-state index contributed by atoms with van der Waals surface area (Å²) in [6, 6.07) is 2.80. The minimum absolute atomic E-state index is 0.0822. The Morgan fingerprint density at radius 2 is 1.83 bits per heavy atom. The van der Waals surface area contributed by atoms with Crippen LogP contribution in [0.25, 0.3) is 0 Å². The van der Waals surface area contributed by atoms with Crippen LogP contribution < -0.4 is 0 Å². The maximum atomic E-state index is 13.3. The first-order valence-corrected chi connectivity index (χ1v) is 4.75. The van der Waals surface area contributed by atoms with Crippen molar-refractivity contribution in [2.45, 2.75) is 19.8 Å². The third-order valence-corrected chi connectivity index (χ3v) is 2.68. The molecule has 0 radical (unpaired) electrons. The van der Waals surface area contributed by atoms with Gasteiger partial charge in [-0.3, -0.25) is 0 Å². The summed E-state index contributed by atoms with van der Waals surface area (Å²) in [7, 11) is 0. The molecule has 0 spiro atoms. The first-order valence-electron chi connectivity index (χ1n) is 3.67. The number of benzene rings is 1. The zero-order chi connectivity index (χ0) is 9.30. The Hall–Kier alpha value is -0.190. The molecule has 1 aromatic rings. The fourth-order valence-electron chi connectivity index (χ4n) is 0.987. The largest absolute Gasteiger partial charge is 0.206 e. The summed E-state index contributed by atoms with van der Waals surface area (Å²) >= 11 is 1.68. The summed E-state index contributed by atoms with van der Waals surface area (Å²) in [5.74, 6) is -0.817. The molecule has 0 fully saturated rings. The molecule has 0 heterocycles. The lowest BCUT2D eigenvalue weighted by Crippen LogP contribution is -1.97. The van der Waals surface area contributed by atoms with E-state index in [9.17, 15) is 8.78 Å². The second-order valence-corrected chi connectivity index (χ2v) is 4.00. The summed E-state index contributed by atoms with van der Waals surface area (Å²) in [5.41, 5.74) is 0.570. The molecule has 0 saturated heterocycles. The van der Waals surface area contributed by atoms with Crippen LogP contribution in [0.5, 0.6) is 0 Å². The highest BCUT2D eigenvalue weighted by Crippen LogP contribution is 2.24. The Kier molecular flexibility index (Phi) is 3.04. The van der Waals surface area contributed by atoms with Crippen molar-refractivity contribution in [1.82, 2.24) is 0 Å². The van der Waals surface area contributed by atoms with Gasteiger partial charge in [0.25, 0.3) is 0 Å². The average Bonchev–Trinajstić information content (AvgIpc) is 2.00. The summed E-state index contributed by atoms with van der Waals surface area (Å²) < 4.78 is 26.1. The van der Waals surface area contributed by atoms with Gasteiger partial charge in [-0.25, -0.2) is 8.78 Å². The molecule has 1 rings (SSSR count). The molecule has 0 saturated carbocycles. The third-order valence-electron chi connectivity index (χ3n) is 1.69. The van der Waals surface area contributed by atoms with Crippen molar-refractivity contribution in [3.63, 3.8) is 0 Å². The Morgan fingerprint density at radius 1 is 1.25 bits per heavy atom. The van der Waals surface area contributed by atoms with Gasteiger partial charge in [0.1, 0.15) is 11.6 Å². The zero-order valence-corrected chi connectivity index (χ0v) is 9.02. The van der Waals surface area contributed by atoms with Crippen molar-refractivity contribution < 1.29 is 8.78 Å². The molecule has 12 heavy (non-hydrogen) atoms. The summed E-state index contributed by atoms with van der Waals surface area (Å²) in [5, 5.41) is 0. The van der Waals surface area contributed by atoms with Crippen molar-refractivity contribution in [3.05, 3.63) is 32.9 Å². The Morgan fingerprint density at radius 3 is 2.33 bits per heavy atom.